The van der Waals surface area contributed by atoms with Crippen LogP contribution in [0.4, 0.5) is 11.4 Å². The van der Waals surface area contributed by atoms with Gasteiger partial charge >= 0.3 is 0 Å². The summed E-state index contributed by atoms with van der Waals surface area (Å²) in [7, 11) is 1.86. The first-order valence-electron chi connectivity index (χ1n) is 7.64. The van der Waals surface area contributed by atoms with E-state index >= 15 is 0 Å². The molecule has 0 unspecified atom stereocenters. The number of hydrogen-bond acceptors (Lipinski definition) is 4. The van der Waals surface area contributed by atoms with Crippen LogP contribution in [0, 0.1) is 0 Å². The largest absolute Gasteiger partial charge is 0.339 e. The van der Waals surface area contributed by atoms with Crippen LogP contribution in [0.15, 0.2) is 24.3 Å². The van der Waals surface area contributed by atoms with E-state index in [1.54, 1.807) is 4.90 Å². The number of nitrogens with one attached hydrogen (secondary N) is 2. The van der Waals surface area contributed by atoms with Gasteiger partial charge in [0.1, 0.15) is 5.54 Å². The monoisotopic (exact) mass is 338 g/mol. The molecule has 1 aromatic carbocycles. The number of amides is 2. The number of carbonyl (C=O) groups is 2. The van der Waals surface area contributed by atoms with Gasteiger partial charge in [-0.3, -0.25) is 9.59 Å². The molecule has 0 bridgehead atoms. The summed E-state index contributed by atoms with van der Waals surface area (Å²) in [5.74, 6) is 0.124. The van der Waals surface area contributed by atoms with Crippen LogP contribution in [-0.2, 0) is 9.59 Å². The molecule has 0 radical (unpaired) electrons. The van der Waals surface area contributed by atoms with Gasteiger partial charge in [-0.05, 0) is 50.2 Å². The smallest absolute Gasteiger partial charge is 0.249 e. The van der Waals surface area contributed by atoms with Gasteiger partial charge in [0, 0.05) is 25.3 Å². The van der Waals surface area contributed by atoms with Crippen LogP contribution in [-0.4, -0.2) is 49.1 Å². The van der Waals surface area contributed by atoms with Crippen molar-refractivity contribution in [3.05, 3.63) is 24.3 Å². The van der Waals surface area contributed by atoms with Gasteiger partial charge in [0.2, 0.25) is 11.8 Å². The Morgan fingerprint density at radius 3 is 2.39 bits per heavy atom. The molecule has 0 atom stereocenters. The number of benzene rings is 1. The third-order valence-corrected chi connectivity index (χ3v) is 4.55. The van der Waals surface area contributed by atoms with Crippen molar-refractivity contribution in [2.45, 2.75) is 25.3 Å². The van der Waals surface area contributed by atoms with E-state index in [2.05, 4.69) is 15.5 Å². The van der Waals surface area contributed by atoms with Crippen molar-refractivity contribution in [2.75, 3.05) is 37.0 Å². The van der Waals surface area contributed by atoms with Crippen LogP contribution in [0.25, 0.3) is 0 Å². The number of rotatable bonds is 2. The van der Waals surface area contributed by atoms with Crippen molar-refractivity contribution in [1.29, 1.82) is 0 Å². The number of hydrogen-bond donors (Lipinski definition) is 2. The molecule has 1 spiro atoms. The first-order chi connectivity index (χ1) is 10.5. The van der Waals surface area contributed by atoms with Gasteiger partial charge in [-0.2, -0.15) is 0 Å². The minimum atomic E-state index is -0.421. The van der Waals surface area contributed by atoms with Crippen molar-refractivity contribution in [3.8, 4) is 0 Å². The Morgan fingerprint density at radius 2 is 1.83 bits per heavy atom. The molecular weight excluding hydrogens is 316 g/mol. The van der Waals surface area contributed by atoms with Crippen LogP contribution in [0.5, 0.6) is 0 Å². The summed E-state index contributed by atoms with van der Waals surface area (Å²) in [6.07, 6.45) is 1.65. The molecule has 2 aliphatic rings. The average Bonchev–Trinajstić information content (AvgIpc) is 2.74. The summed E-state index contributed by atoms with van der Waals surface area (Å²) in [6.45, 7) is 3.82. The lowest BCUT2D eigenvalue weighted by atomic mass is 9.86. The van der Waals surface area contributed by atoms with Crippen LogP contribution in [0.2, 0.25) is 0 Å². The maximum atomic E-state index is 12.7. The van der Waals surface area contributed by atoms with E-state index < -0.39 is 5.54 Å². The van der Waals surface area contributed by atoms with Gasteiger partial charge in [0.15, 0.2) is 0 Å². The van der Waals surface area contributed by atoms with Gasteiger partial charge in [0.25, 0.3) is 0 Å². The molecule has 2 heterocycles. The van der Waals surface area contributed by atoms with E-state index in [1.165, 1.54) is 6.92 Å². The van der Waals surface area contributed by atoms with Gasteiger partial charge in [0.05, 0.1) is 6.67 Å². The van der Waals surface area contributed by atoms with E-state index in [0.717, 1.165) is 37.3 Å². The molecule has 0 saturated carbocycles. The Hall–Kier alpha value is -1.79. The van der Waals surface area contributed by atoms with Crippen LogP contribution < -0.4 is 15.5 Å². The minimum Gasteiger partial charge on any atom is -0.339 e. The predicted octanol–water partition coefficient (Wildman–Crippen LogP) is 1.42. The number of carbonyl (C=O) groups excluding carboxylic acids is 2. The number of halogens is 1. The normalized spacial score (nSPS) is 19.7. The maximum Gasteiger partial charge on any atom is 0.249 e. The molecule has 2 saturated heterocycles. The molecule has 3 rings (SSSR count). The molecule has 0 aromatic heterocycles. The predicted molar refractivity (Wildman–Crippen MR) is 92.9 cm³/mol. The molecule has 2 fully saturated rings. The van der Waals surface area contributed by atoms with Crippen molar-refractivity contribution < 1.29 is 9.59 Å². The molecule has 1 aromatic rings. The zero-order chi connectivity index (χ0) is 15.7. The maximum absolute atomic E-state index is 12.7. The van der Waals surface area contributed by atoms with E-state index in [1.807, 2.05) is 31.3 Å². The number of anilines is 2. The van der Waals surface area contributed by atoms with E-state index in [-0.39, 0.29) is 24.2 Å². The molecule has 0 aliphatic carbocycles. The third kappa shape index (κ3) is 3.14. The van der Waals surface area contributed by atoms with E-state index in [0.29, 0.717) is 6.67 Å². The fraction of sp³-hybridized carbons (Fsp3) is 0.500. The molecule has 2 aliphatic heterocycles. The molecule has 23 heavy (non-hydrogen) atoms. The lowest BCUT2D eigenvalue weighted by Crippen LogP contribution is -2.55. The highest BCUT2D eigenvalue weighted by atomic mass is 35.5. The second kappa shape index (κ2) is 6.76. The van der Waals surface area contributed by atoms with Crippen LogP contribution in [0.1, 0.15) is 19.8 Å². The van der Waals surface area contributed by atoms with Crippen molar-refractivity contribution in [1.82, 2.24) is 10.2 Å². The fourth-order valence-electron chi connectivity index (χ4n) is 3.46. The second-order valence-electron chi connectivity index (χ2n) is 6.08. The lowest BCUT2D eigenvalue weighted by molar-refractivity contribution is -0.131. The lowest BCUT2D eigenvalue weighted by Gasteiger charge is -2.40. The molecule has 7 heteroatoms. The minimum absolute atomic E-state index is 0. The molecule has 2 N–H and O–H groups in total. The highest BCUT2D eigenvalue weighted by Gasteiger charge is 2.51. The quantitative estimate of drug-likeness (QED) is 0.856. The third-order valence-electron chi connectivity index (χ3n) is 4.55. The number of likely N-dealkylation sites (N-methyl/N-ethyl adjacent to an activating group) is 1. The summed E-state index contributed by atoms with van der Waals surface area (Å²) >= 11 is 0. The summed E-state index contributed by atoms with van der Waals surface area (Å²) in [5.41, 5.74) is 1.37. The Labute approximate surface area is 142 Å². The Bertz CT molecular complexity index is 584. The molecule has 6 nitrogen and oxygen atoms in total. The highest BCUT2D eigenvalue weighted by molar-refractivity contribution is 5.94. The average molecular weight is 339 g/mol. The van der Waals surface area contributed by atoms with Crippen molar-refractivity contribution >= 4 is 35.6 Å². The second-order valence-corrected chi connectivity index (χ2v) is 6.08. The molecule has 126 valence electrons. The summed E-state index contributed by atoms with van der Waals surface area (Å²) < 4.78 is 0. The van der Waals surface area contributed by atoms with E-state index in [4.69, 9.17) is 0 Å². The first-order valence-corrected chi connectivity index (χ1v) is 7.64. The Kier molecular flexibility index (Phi) is 5.16. The summed E-state index contributed by atoms with van der Waals surface area (Å²) in [5, 5.41) is 6.10. The SMILES string of the molecule is CC(=O)Nc1ccc(N2CN(C)C(=O)C23CCNCC3)cc1.Cl. The summed E-state index contributed by atoms with van der Waals surface area (Å²) in [4.78, 5) is 27.8. The first kappa shape index (κ1) is 17.6. The Morgan fingerprint density at radius 1 is 1.22 bits per heavy atom. The fourth-order valence-corrected chi connectivity index (χ4v) is 3.46. The highest BCUT2D eigenvalue weighted by Crippen LogP contribution is 2.37. The van der Waals surface area contributed by atoms with Crippen LogP contribution >= 0.6 is 12.4 Å². The van der Waals surface area contributed by atoms with E-state index in [9.17, 15) is 9.59 Å². The van der Waals surface area contributed by atoms with Gasteiger partial charge in [-0.1, -0.05) is 0 Å². The molecule has 2 amide bonds. The standard InChI is InChI=1S/C16H22N4O2.ClH/c1-12(21)18-13-3-5-14(6-4-13)20-11-19(2)15(22)16(20)7-9-17-10-8-16;/h3-6,17H,7-11H2,1-2H3,(H,18,21);1H. The zero-order valence-corrected chi connectivity index (χ0v) is 14.3. The van der Waals surface area contributed by atoms with Gasteiger partial charge in [-0.25, -0.2) is 0 Å². The van der Waals surface area contributed by atoms with Crippen molar-refractivity contribution in [3.63, 3.8) is 0 Å². The number of piperidine rings is 1. The zero-order valence-electron chi connectivity index (χ0n) is 13.5. The summed E-state index contributed by atoms with van der Waals surface area (Å²) in [6, 6.07) is 7.71. The number of nitrogens with zero attached hydrogens (tertiary/aromatic N) is 2. The van der Waals surface area contributed by atoms with Crippen molar-refractivity contribution in [2.24, 2.45) is 0 Å². The molecular formula is C16H23ClN4O2. The topological polar surface area (TPSA) is 64.7 Å². The Balaban J connectivity index is 0.00000192. The van der Waals surface area contributed by atoms with Crippen LogP contribution in [0.3, 0.4) is 0 Å². The van der Waals surface area contributed by atoms with Gasteiger partial charge < -0.3 is 20.4 Å². The van der Waals surface area contributed by atoms with Gasteiger partial charge in [-0.15, -0.1) is 12.4 Å².